The van der Waals surface area contributed by atoms with Gasteiger partial charge in [0.05, 0.1) is 6.61 Å². The number of aldehydes is 1. The lowest BCUT2D eigenvalue weighted by Crippen LogP contribution is -2.06. The van der Waals surface area contributed by atoms with Crippen molar-refractivity contribution < 1.29 is 9.90 Å². The van der Waals surface area contributed by atoms with Gasteiger partial charge >= 0.3 is 0 Å². The van der Waals surface area contributed by atoms with E-state index in [0.717, 1.165) is 19.1 Å². The van der Waals surface area contributed by atoms with Crippen LogP contribution in [0, 0.1) is 5.92 Å². The van der Waals surface area contributed by atoms with Crippen LogP contribution in [0.5, 0.6) is 0 Å². The highest BCUT2D eigenvalue weighted by molar-refractivity contribution is 5.53. The third-order valence-corrected chi connectivity index (χ3v) is 1.37. The summed E-state index contributed by atoms with van der Waals surface area (Å²) in [6.07, 6.45) is 6.37. The largest absolute Gasteiger partial charge is 0.396 e. The summed E-state index contributed by atoms with van der Waals surface area (Å²) in [5.41, 5.74) is 0. The summed E-state index contributed by atoms with van der Waals surface area (Å²) in [6.45, 7) is 1.91. The molecular formula is C8H14O2. The van der Waals surface area contributed by atoms with E-state index in [1.165, 1.54) is 0 Å². The van der Waals surface area contributed by atoms with Gasteiger partial charge in [0, 0.05) is 5.92 Å². The summed E-state index contributed by atoms with van der Waals surface area (Å²) in [4.78, 5) is 10.1. The normalized spacial score (nSPS) is 13.8. The zero-order valence-corrected chi connectivity index (χ0v) is 6.29. The molecule has 0 spiro atoms. The third kappa shape index (κ3) is 4.27. The van der Waals surface area contributed by atoms with Gasteiger partial charge in [-0.15, -0.1) is 0 Å². The third-order valence-electron chi connectivity index (χ3n) is 1.37. The number of rotatable bonds is 5. The second-order valence-corrected chi connectivity index (χ2v) is 2.23. The van der Waals surface area contributed by atoms with Crippen LogP contribution < -0.4 is 0 Å². The first kappa shape index (κ1) is 9.37. The van der Waals surface area contributed by atoms with E-state index >= 15 is 0 Å². The van der Waals surface area contributed by atoms with Crippen molar-refractivity contribution >= 4 is 6.29 Å². The molecular weight excluding hydrogens is 128 g/mol. The van der Waals surface area contributed by atoms with Crippen molar-refractivity contribution in [2.45, 2.75) is 19.8 Å². The van der Waals surface area contributed by atoms with Gasteiger partial charge in [-0.25, -0.2) is 0 Å². The lowest BCUT2D eigenvalue weighted by molar-refractivity contribution is -0.112. The van der Waals surface area contributed by atoms with E-state index in [0.29, 0.717) is 0 Å². The summed E-state index contributed by atoms with van der Waals surface area (Å²) in [7, 11) is 0. The van der Waals surface area contributed by atoms with Crippen LogP contribution in [0.4, 0.5) is 0 Å². The topological polar surface area (TPSA) is 37.3 Å². The van der Waals surface area contributed by atoms with Crippen molar-refractivity contribution in [2.75, 3.05) is 6.61 Å². The van der Waals surface area contributed by atoms with E-state index in [1.54, 1.807) is 0 Å². The highest BCUT2D eigenvalue weighted by Crippen LogP contribution is 2.02. The van der Waals surface area contributed by atoms with Crippen LogP contribution in [-0.2, 0) is 4.79 Å². The molecule has 0 amide bonds. The van der Waals surface area contributed by atoms with Gasteiger partial charge in [-0.2, -0.15) is 0 Å². The molecule has 0 bridgehead atoms. The zero-order valence-electron chi connectivity index (χ0n) is 6.29. The van der Waals surface area contributed by atoms with Crippen LogP contribution in [-0.4, -0.2) is 18.0 Å². The number of carbonyl (C=O) groups is 1. The number of hydrogen-bond donors (Lipinski definition) is 1. The van der Waals surface area contributed by atoms with Gasteiger partial charge in [-0.1, -0.05) is 12.2 Å². The van der Waals surface area contributed by atoms with Crippen LogP contribution in [0.25, 0.3) is 0 Å². The number of aliphatic hydroxyl groups excluding tert-OH is 1. The van der Waals surface area contributed by atoms with Gasteiger partial charge in [0.1, 0.15) is 6.29 Å². The molecule has 0 aromatic rings. The van der Waals surface area contributed by atoms with Crippen LogP contribution in [0.1, 0.15) is 19.8 Å². The fourth-order valence-electron chi connectivity index (χ4n) is 0.679. The maximum Gasteiger partial charge on any atom is 0.125 e. The Bertz CT molecular complexity index is 108. The Morgan fingerprint density at radius 2 is 2.30 bits per heavy atom. The first-order valence-electron chi connectivity index (χ1n) is 3.52. The van der Waals surface area contributed by atoms with Crippen LogP contribution in [0.15, 0.2) is 12.2 Å². The molecule has 0 aliphatic rings. The summed E-state index contributed by atoms with van der Waals surface area (Å²) < 4.78 is 0. The van der Waals surface area contributed by atoms with Gasteiger partial charge in [-0.05, 0) is 19.8 Å². The second-order valence-electron chi connectivity index (χ2n) is 2.23. The Morgan fingerprint density at radius 3 is 2.70 bits per heavy atom. The standard InChI is InChI=1S/C8H14O2/c1-2-3-4-5-8(6-9)7-10/h2-3,6,8,10H,4-5,7H2,1H3/b3-2+. The Hall–Kier alpha value is -0.630. The van der Waals surface area contributed by atoms with Gasteiger partial charge in [0.2, 0.25) is 0 Å². The van der Waals surface area contributed by atoms with Gasteiger partial charge in [0.15, 0.2) is 0 Å². The number of allylic oxidation sites excluding steroid dienone is 2. The lowest BCUT2D eigenvalue weighted by Gasteiger charge is -2.01. The molecule has 58 valence electrons. The molecule has 1 unspecified atom stereocenters. The molecule has 0 aliphatic heterocycles. The molecule has 0 aromatic carbocycles. The lowest BCUT2D eigenvalue weighted by atomic mass is 10.1. The molecule has 0 rings (SSSR count). The number of carbonyl (C=O) groups excluding carboxylic acids is 1. The molecule has 2 nitrogen and oxygen atoms in total. The van der Waals surface area contributed by atoms with E-state index in [1.807, 2.05) is 19.1 Å². The SMILES string of the molecule is C/C=C/CCC(C=O)CO. The van der Waals surface area contributed by atoms with E-state index in [4.69, 9.17) is 5.11 Å². The predicted octanol–water partition coefficient (Wildman–Crippen LogP) is 1.15. The Labute approximate surface area is 61.6 Å². The summed E-state index contributed by atoms with van der Waals surface area (Å²) in [6, 6.07) is 0. The maximum atomic E-state index is 10.1. The fourth-order valence-corrected chi connectivity index (χ4v) is 0.679. The summed E-state index contributed by atoms with van der Waals surface area (Å²) in [5.74, 6) is -0.170. The van der Waals surface area contributed by atoms with Crippen molar-refractivity contribution in [1.82, 2.24) is 0 Å². The van der Waals surface area contributed by atoms with Gasteiger partial charge < -0.3 is 9.90 Å². The Balaban J connectivity index is 3.34. The molecule has 0 saturated heterocycles. The van der Waals surface area contributed by atoms with E-state index in [2.05, 4.69) is 0 Å². The van der Waals surface area contributed by atoms with Gasteiger partial charge in [-0.3, -0.25) is 0 Å². The molecule has 0 aliphatic carbocycles. The van der Waals surface area contributed by atoms with E-state index in [9.17, 15) is 4.79 Å². The second kappa shape index (κ2) is 6.49. The minimum atomic E-state index is -0.170. The van der Waals surface area contributed by atoms with Crippen molar-refractivity contribution in [3.05, 3.63) is 12.2 Å². The predicted molar refractivity (Wildman–Crippen MR) is 40.7 cm³/mol. The number of aliphatic hydroxyl groups is 1. The minimum absolute atomic E-state index is 0.0267. The molecule has 1 atom stereocenters. The van der Waals surface area contributed by atoms with Crippen molar-refractivity contribution in [1.29, 1.82) is 0 Å². The summed E-state index contributed by atoms with van der Waals surface area (Å²) in [5, 5.41) is 8.57. The minimum Gasteiger partial charge on any atom is -0.396 e. The maximum absolute atomic E-state index is 10.1. The monoisotopic (exact) mass is 142 g/mol. The molecule has 10 heavy (non-hydrogen) atoms. The zero-order chi connectivity index (χ0) is 7.82. The average molecular weight is 142 g/mol. The fraction of sp³-hybridized carbons (Fsp3) is 0.625. The van der Waals surface area contributed by atoms with Gasteiger partial charge in [0.25, 0.3) is 0 Å². The smallest absolute Gasteiger partial charge is 0.125 e. The first-order chi connectivity index (χ1) is 4.85. The van der Waals surface area contributed by atoms with Crippen LogP contribution in [0.2, 0.25) is 0 Å². The van der Waals surface area contributed by atoms with Crippen molar-refractivity contribution in [2.24, 2.45) is 5.92 Å². The Morgan fingerprint density at radius 1 is 1.60 bits per heavy atom. The van der Waals surface area contributed by atoms with Crippen LogP contribution in [0.3, 0.4) is 0 Å². The molecule has 0 aromatic heterocycles. The quantitative estimate of drug-likeness (QED) is 0.462. The van der Waals surface area contributed by atoms with Crippen molar-refractivity contribution in [3.63, 3.8) is 0 Å². The molecule has 0 heterocycles. The Kier molecular flexibility index (Phi) is 6.08. The first-order valence-corrected chi connectivity index (χ1v) is 3.52. The molecule has 0 saturated carbocycles. The highest BCUT2D eigenvalue weighted by Gasteiger charge is 2.02. The summed E-state index contributed by atoms with van der Waals surface area (Å²) >= 11 is 0. The molecule has 1 N–H and O–H groups in total. The van der Waals surface area contributed by atoms with Crippen LogP contribution >= 0.6 is 0 Å². The molecule has 0 radical (unpaired) electrons. The number of hydrogen-bond acceptors (Lipinski definition) is 2. The average Bonchev–Trinajstić information content (AvgIpc) is 1.99. The van der Waals surface area contributed by atoms with E-state index in [-0.39, 0.29) is 12.5 Å². The van der Waals surface area contributed by atoms with Crippen molar-refractivity contribution in [3.8, 4) is 0 Å². The molecule has 0 fully saturated rings. The molecule has 2 heteroatoms. The van der Waals surface area contributed by atoms with E-state index < -0.39 is 0 Å². The highest BCUT2D eigenvalue weighted by atomic mass is 16.3.